The molecule has 1 aromatic rings. The molecule has 1 fully saturated rings. The Morgan fingerprint density at radius 1 is 1.47 bits per heavy atom. The number of nitrogens with one attached hydrogen (secondary N) is 1. The summed E-state index contributed by atoms with van der Waals surface area (Å²) in [6.07, 6.45) is 5.28. The molecule has 17 heavy (non-hydrogen) atoms. The zero-order valence-electron chi connectivity index (χ0n) is 11.0. The van der Waals surface area contributed by atoms with Crippen LogP contribution < -0.4 is 5.32 Å². The lowest BCUT2D eigenvalue weighted by molar-refractivity contribution is 0.331. The van der Waals surface area contributed by atoms with Crippen LogP contribution in [0.15, 0.2) is 12.5 Å². The van der Waals surface area contributed by atoms with E-state index in [2.05, 4.69) is 33.6 Å². The molecular formula is C13H24N4. The summed E-state index contributed by atoms with van der Waals surface area (Å²) in [6.45, 7) is 11.1. The van der Waals surface area contributed by atoms with E-state index in [0.717, 1.165) is 25.6 Å². The van der Waals surface area contributed by atoms with Gasteiger partial charge in [0.05, 0.1) is 12.0 Å². The van der Waals surface area contributed by atoms with Crippen LogP contribution in [0.2, 0.25) is 0 Å². The van der Waals surface area contributed by atoms with Crippen LogP contribution >= 0.6 is 0 Å². The Hall–Kier alpha value is -0.870. The van der Waals surface area contributed by atoms with Gasteiger partial charge in [-0.15, -0.1) is 0 Å². The van der Waals surface area contributed by atoms with E-state index >= 15 is 0 Å². The zero-order valence-corrected chi connectivity index (χ0v) is 11.0. The molecule has 4 nitrogen and oxygen atoms in total. The fourth-order valence-corrected chi connectivity index (χ4v) is 2.54. The molecule has 1 aliphatic heterocycles. The Bertz CT molecular complexity index is 334. The fourth-order valence-electron chi connectivity index (χ4n) is 2.54. The minimum Gasteiger partial charge on any atom is -0.333 e. The third-order valence-electron chi connectivity index (χ3n) is 3.63. The van der Waals surface area contributed by atoms with Crippen molar-refractivity contribution in [2.75, 3.05) is 26.2 Å². The summed E-state index contributed by atoms with van der Waals surface area (Å²) in [5.74, 6) is 0.796. The maximum atomic E-state index is 4.27. The Morgan fingerprint density at radius 2 is 2.35 bits per heavy atom. The number of hydrogen-bond acceptors (Lipinski definition) is 3. The third kappa shape index (κ3) is 3.30. The topological polar surface area (TPSA) is 33.1 Å². The second-order valence-corrected chi connectivity index (χ2v) is 4.87. The highest BCUT2D eigenvalue weighted by Gasteiger charge is 2.21. The summed E-state index contributed by atoms with van der Waals surface area (Å²) in [7, 11) is 0. The highest BCUT2D eigenvalue weighted by atomic mass is 15.2. The lowest BCUT2D eigenvalue weighted by Gasteiger charge is -2.15. The van der Waals surface area contributed by atoms with E-state index in [4.69, 9.17) is 0 Å². The molecule has 2 rings (SSSR count). The van der Waals surface area contributed by atoms with E-state index in [9.17, 15) is 0 Å². The van der Waals surface area contributed by atoms with Crippen LogP contribution in [0.3, 0.4) is 0 Å². The number of nitrogens with zero attached hydrogens (tertiary/aromatic N) is 3. The van der Waals surface area contributed by atoms with Gasteiger partial charge in [0.25, 0.3) is 0 Å². The van der Waals surface area contributed by atoms with Gasteiger partial charge >= 0.3 is 0 Å². The number of rotatable bonds is 6. The molecule has 1 N–H and O–H groups in total. The van der Waals surface area contributed by atoms with Gasteiger partial charge in [-0.2, -0.15) is 0 Å². The van der Waals surface area contributed by atoms with Crippen molar-refractivity contribution in [1.29, 1.82) is 0 Å². The predicted molar refractivity (Wildman–Crippen MR) is 69.8 cm³/mol. The van der Waals surface area contributed by atoms with Crippen molar-refractivity contribution in [1.82, 2.24) is 19.8 Å². The minimum absolute atomic E-state index is 0.796. The molecule has 0 spiro atoms. The third-order valence-corrected chi connectivity index (χ3v) is 3.63. The molecule has 0 amide bonds. The van der Waals surface area contributed by atoms with Gasteiger partial charge in [-0.1, -0.05) is 13.8 Å². The minimum atomic E-state index is 0.796. The molecule has 1 aliphatic rings. The molecule has 4 heteroatoms. The van der Waals surface area contributed by atoms with Gasteiger partial charge in [-0.3, -0.25) is 0 Å². The second-order valence-electron chi connectivity index (χ2n) is 4.87. The van der Waals surface area contributed by atoms with Gasteiger partial charge in [0, 0.05) is 25.8 Å². The Balaban J connectivity index is 1.88. The van der Waals surface area contributed by atoms with Crippen molar-refractivity contribution >= 4 is 0 Å². The van der Waals surface area contributed by atoms with Gasteiger partial charge in [-0.05, 0) is 32.0 Å². The summed E-state index contributed by atoms with van der Waals surface area (Å²) in [4.78, 5) is 6.80. The average molecular weight is 236 g/mol. The summed E-state index contributed by atoms with van der Waals surface area (Å²) in [5, 5.41) is 3.36. The normalized spacial score (nSPS) is 21.2. The van der Waals surface area contributed by atoms with Crippen molar-refractivity contribution in [3.63, 3.8) is 0 Å². The maximum absolute atomic E-state index is 4.27. The zero-order chi connectivity index (χ0) is 12.1. The van der Waals surface area contributed by atoms with Gasteiger partial charge in [0.15, 0.2) is 0 Å². The first-order valence-electron chi connectivity index (χ1n) is 6.75. The molecule has 0 radical (unpaired) electrons. The van der Waals surface area contributed by atoms with E-state index < -0.39 is 0 Å². The number of aromatic nitrogens is 2. The molecule has 1 saturated heterocycles. The fraction of sp³-hybridized carbons (Fsp3) is 0.769. The highest BCUT2D eigenvalue weighted by Crippen LogP contribution is 2.18. The van der Waals surface area contributed by atoms with E-state index in [-0.39, 0.29) is 0 Å². The first-order chi connectivity index (χ1) is 8.33. The Labute approximate surface area is 104 Å². The molecule has 0 aromatic carbocycles. The van der Waals surface area contributed by atoms with Crippen LogP contribution in [-0.2, 0) is 13.1 Å². The molecule has 1 atom stereocenters. The van der Waals surface area contributed by atoms with E-state index in [1.165, 1.54) is 31.7 Å². The van der Waals surface area contributed by atoms with E-state index in [1.54, 1.807) is 0 Å². The summed E-state index contributed by atoms with van der Waals surface area (Å²) >= 11 is 0. The van der Waals surface area contributed by atoms with Crippen molar-refractivity contribution < 1.29 is 0 Å². The quantitative estimate of drug-likeness (QED) is 0.809. The van der Waals surface area contributed by atoms with Crippen molar-refractivity contribution in [2.45, 2.75) is 33.4 Å². The van der Waals surface area contributed by atoms with Crippen LogP contribution in [-0.4, -0.2) is 40.6 Å². The Kier molecular flexibility index (Phi) is 4.57. The van der Waals surface area contributed by atoms with E-state index in [1.807, 2.05) is 12.5 Å². The number of likely N-dealkylation sites (tertiary alicyclic amines) is 1. The Morgan fingerprint density at radius 3 is 3.06 bits per heavy atom. The van der Waals surface area contributed by atoms with Crippen molar-refractivity contribution in [3.8, 4) is 0 Å². The summed E-state index contributed by atoms with van der Waals surface area (Å²) in [5.41, 5.74) is 1.31. The molecule has 1 unspecified atom stereocenters. The largest absolute Gasteiger partial charge is 0.333 e. The van der Waals surface area contributed by atoms with Crippen LogP contribution in [0.4, 0.5) is 0 Å². The van der Waals surface area contributed by atoms with Gasteiger partial charge in [0.1, 0.15) is 0 Å². The molecule has 96 valence electrons. The summed E-state index contributed by atoms with van der Waals surface area (Å²) < 4.78 is 2.31. The maximum Gasteiger partial charge on any atom is 0.0948 e. The number of hydrogen-bond donors (Lipinski definition) is 1. The molecule has 1 aromatic heterocycles. The predicted octanol–water partition coefficient (Wildman–Crippen LogP) is 1.33. The van der Waals surface area contributed by atoms with Crippen molar-refractivity contribution in [2.24, 2.45) is 5.92 Å². The van der Waals surface area contributed by atoms with Crippen molar-refractivity contribution in [3.05, 3.63) is 18.2 Å². The van der Waals surface area contributed by atoms with E-state index in [0.29, 0.717) is 0 Å². The lowest BCUT2D eigenvalue weighted by Crippen LogP contribution is -2.22. The monoisotopic (exact) mass is 236 g/mol. The smallest absolute Gasteiger partial charge is 0.0948 e. The van der Waals surface area contributed by atoms with Gasteiger partial charge in [0.2, 0.25) is 0 Å². The molecule has 0 bridgehead atoms. The lowest BCUT2D eigenvalue weighted by atomic mass is 10.1. The molecular weight excluding hydrogens is 212 g/mol. The average Bonchev–Trinajstić information content (AvgIpc) is 2.96. The van der Waals surface area contributed by atoms with Crippen LogP contribution in [0.1, 0.15) is 26.0 Å². The summed E-state index contributed by atoms with van der Waals surface area (Å²) in [6, 6.07) is 0. The van der Waals surface area contributed by atoms with Crippen LogP contribution in [0.5, 0.6) is 0 Å². The first kappa shape index (κ1) is 12.6. The van der Waals surface area contributed by atoms with Gasteiger partial charge < -0.3 is 14.8 Å². The molecule has 0 aliphatic carbocycles. The first-order valence-corrected chi connectivity index (χ1v) is 6.75. The van der Waals surface area contributed by atoms with Gasteiger partial charge in [-0.25, -0.2) is 4.98 Å². The standard InChI is InChI=1S/C13H24N4/c1-3-14-7-13-8-15-11-17(13)10-12-5-6-16(4-2)9-12/h8,11-12,14H,3-7,9-10H2,1-2H3. The van der Waals surface area contributed by atoms with Crippen LogP contribution in [0.25, 0.3) is 0 Å². The second kappa shape index (κ2) is 6.17. The molecule has 0 saturated carbocycles. The SMILES string of the molecule is CCNCc1cncn1CC1CCN(CC)C1. The molecule has 2 heterocycles. The van der Waals surface area contributed by atoms with Crippen LogP contribution in [0, 0.1) is 5.92 Å². The highest BCUT2D eigenvalue weighted by molar-refractivity contribution is 4.98. The number of imidazole rings is 1.